The molecule has 1 aliphatic rings. The normalized spacial score (nSPS) is 22.6. The van der Waals surface area contributed by atoms with Crippen LogP contribution in [0.25, 0.3) is 0 Å². The fourth-order valence-corrected chi connectivity index (χ4v) is 3.03. The minimum atomic E-state index is -0.664. The largest absolute Gasteiger partial charge is 0.489 e. The fraction of sp³-hybridized carbons (Fsp3) is 0.350. The summed E-state index contributed by atoms with van der Waals surface area (Å²) < 4.78 is 11.0. The van der Waals surface area contributed by atoms with Crippen LogP contribution in [-0.2, 0) is 22.6 Å². The Kier molecular flexibility index (Phi) is 5.68. The second-order valence-corrected chi connectivity index (χ2v) is 6.28. The van der Waals surface area contributed by atoms with E-state index in [0.29, 0.717) is 19.6 Å². The second kappa shape index (κ2) is 8.14. The van der Waals surface area contributed by atoms with E-state index in [1.54, 1.807) is 0 Å². The van der Waals surface area contributed by atoms with E-state index >= 15 is 0 Å². The number of benzene rings is 2. The summed E-state index contributed by atoms with van der Waals surface area (Å²) in [6, 6.07) is 17.8. The van der Waals surface area contributed by atoms with Crippen molar-refractivity contribution in [2.45, 2.75) is 38.2 Å². The molecular formula is C20H23NO4. The van der Waals surface area contributed by atoms with Crippen molar-refractivity contribution in [2.75, 3.05) is 6.54 Å². The Morgan fingerprint density at radius 2 is 1.84 bits per heavy atom. The molecule has 5 heteroatoms. The molecule has 0 aliphatic carbocycles. The molecule has 1 saturated heterocycles. The Bertz CT molecular complexity index is 687. The lowest BCUT2D eigenvalue weighted by molar-refractivity contribution is -0.151. The summed E-state index contributed by atoms with van der Waals surface area (Å²) in [7, 11) is 0. The lowest BCUT2D eigenvalue weighted by Gasteiger charge is -2.21. The zero-order chi connectivity index (χ0) is 17.6. The van der Waals surface area contributed by atoms with Gasteiger partial charge in [0.25, 0.3) is 0 Å². The molecule has 0 aromatic heterocycles. The number of carbonyl (C=O) groups is 1. The summed E-state index contributed by atoms with van der Waals surface area (Å²) in [5.41, 5.74) is 2.22. The number of aliphatic hydroxyl groups excluding tert-OH is 1. The molecule has 25 heavy (non-hydrogen) atoms. The van der Waals surface area contributed by atoms with Gasteiger partial charge in [-0.2, -0.15) is 0 Å². The molecule has 1 fully saturated rings. The maximum Gasteiger partial charge on any atom is 0.303 e. The van der Waals surface area contributed by atoms with Gasteiger partial charge in [0.1, 0.15) is 24.6 Å². The number of rotatable bonds is 6. The topological polar surface area (TPSA) is 67.8 Å². The van der Waals surface area contributed by atoms with E-state index < -0.39 is 12.2 Å². The van der Waals surface area contributed by atoms with Gasteiger partial charge < -0.3 is 19.9 Å². The molecule has 1 aliphatic heterocycles. The van der Waals surface area contributed by atoms with Crippen molar-refractivity contribution in [2.24, 2.45) is 0 Å². The highest BCUT2D eigenvalue weighted by Gasteiger charge is 2.37. The number of hydrogen-bond acceptors (Lipinski definition) is 5. The first-order valence-corrected chi connectivity index (χ1v) is 8.46. The molecule has 2 aromatic rings. The molecule has 0 bridgehead atoms. The van der Waals surface area contributed by atoms with E-state index in [0.717, 1.165) is 16.9 Å². The van der Waals surface area contributed by atoms with Gasteiger partial charge in [-0.3, -0.25) is 4.79 Å². The zero-order valence-electron chi connectivity index (χ0n) is 14.2. The summed E-state index contributed by atoms with van der Waals surface area (Å²) in [5, 5.41) is 13.2. The Hall–Kier alpha value is -2.37. The molecule has 1 heterocycles. The number of β-amino-alcohol motifs (C(OH)–C–C–N with tert-alkyl or cyclic N) is 1. The van der Waals surface area contributed by atoms with Gasteiger partial charge in [0.15, 0.2) is 0 Å². The third kappa shape index (κ3) is 4.81. The number of carbonyl (C=O) groups excluding carboxylic acids is 1. The fourth-order valence-electron chi connectivity index (χ4n) is 3.03. The Balaban J connectivity index is 1.56. The molecule has 0 spiro atoms. The smallest absolute Gasteiger partial charge is 0.303 e. The van der Waals surface area contributed by atoms with Crippen molar-refractivity contribution in [1.82, 2.24) is 5.32 Å². The predicted octanol–water partition coefficient (Wildman–Crippen LogP) is 2.07. The number of ether oxygens (including phenoxy) is 2. The molecular weight excluding hydrogens is 318 g/mol. The molecule has 3 atom stereocenters. The molecule has 0 amide bonds. The first-order chi connectivity index (χ1) is 12.1. The van der Waals surface area contributed by atoms with Crippen molar-refractivity contribution >= 4 is 5.97 Å². The van der Waals surface area contributed by atoms with Gasteiger partial charge in [-0.15, -0.1) is 0 Å². The molecule has 0 saturated carbocycles. The van der Waals surface area contributed by atoms with Crippen molar-refractivity contribution in [3.8, 4) is 5.75 Å². The molecule has 132 valence electrons. The summed E-state index contributed by atoms with van der Waals surface area (Å²) in [6.45, 7) is 2.33. The van der Waals surface area contributed by atoms with Crippen LogP contribution in [0, 0.1) is 0 Å². The predicted molar refractivity (Wildman–Crippen MR) is 94.3 cm³/mol. The van der Waals surface area contributed by atoms with E-state index in [-0.39, 0.29) is 12.0 Å². The number of aliphatic hydroxyl groups is 1. The summed E-state index contributed by atoms with van der Waals surface area (Å²) >= 11 is 0. The first kappa shape index (κ1) is 17.5. The first-order valence-electron chi connectivity index (χ1n) is 8.46. The van der Waals surface area contributed by atoms with Gasteiger partial charge in [-0.25, -0.2) is 0 Å². The van der Waals surface area contributed by atoms with Gasteiger partial charge in [0.05, 0.1) is 6.04 Å². The summed E-state index contributed by atoms with van der Waals surface area (Å²) in [4.78, 5) is 11.2. The average Bonchev–Trinajstić information content (AvgIpc) is 2.95. The number of hydrogen-bond donors (Lipinski definition) is 2. The van der Waals surface area contributed by atoms with Crippen LogP contribution in [0.15, 0.2) is 54.6 Å². The van der Waals surface area contributed by atoms with Gasteiger partial charge in [-0.1, -0.05) is 42.5 Å². The van der Waals surface area contributed by atoms with Crippen LogP contribution in [0.3, 0.4) is 0 Å². The van der Waals surface area contributed by atoms with Crippen molar-refractivity contribution in [3.05, 3.63) is 65.7 Å². The SMILES string of the molecule is CC(=O)OC1C(O)CNC1Cc1ccc(OCc2ccccc2)cc1. The van der Waals surface area contributed by atoms with Crippen LogP contribution in [0.5, 0.6) is 5.75 Å². The lowest BCUT2D eigenvalue weighted by atomic mass is 10.0. The Labute approximate surface area is 147 Å². The maximum absolute atomic E-state index is 11.2. The van der Waals surface area contributed by atoms with Crippen LogP contribution in [0.4, 0.5) is 0 Å². The van der Waals surface area contributed by atoms with Gasteiger partial charge in [0.2, 0.25) is 0 Å². The summed E-state index contributed by atoms with van der Waals surface area (Å²) in [6.07, 6.45) is -0.498. The van der Waals surface area contributed by atoms with Gasteiger partial charge in [0, 0.05) is 13.5 Å². The number of esters is 1. The Morgan fingerprint density at radius 3 is 2.52 bits per heavy atom. The quantitative estimate of drug-likeness (QED) is 0.788. The highest BCUT2D eigenvalue weighted by Crippen LogP contribution is 2.20. The molecule has 5 nitrogen and oxygen atoms in total. The van der Waals surface area contributed by atoms with E-state index in [1.165, 1.54) is 6.92 Å². The third-order valence-electron chi connectivity index (χ3n) is 4.29. The van der Waals surface area contributed by atoms with E-state index in [2.05, 4.69) is 5.32 Å². The highest BCUT2D eigenvalue weighted by molar-refractivity contribution is 5.66. The van der Waals surface area contributed by atoms with Gasteiger partial charge >= 0.3 is 5.97 Å². The monoisotopic (exact) mass is 341 g/mol. The molecule has 3 rings (SSSR count). The van der Waals surface area contributed by atoms with Crippen LogP contribution in [-0.4, -0.2) is 35.9 Å². The van der Waals surface area contributed by atoms with Crippen LogP contribution in [0.1, 0.15) is 18.1 Å². The van der Waals surface area contributed by atoms with E-state index in [9.17, 15) is 9.90 Å². The molecule has 2 aromatic carbocycles. The van der Waals surface area contributed by atoms with Crippen LogP contribution >= 0.6 is 0 Å². The van der Waals surface area contributed by atoms with Crippen molar-refractivity contribution in [3.63, 3.8) is 0 Å². The van der Waals surface area contributed by atoms with E-state index in [4.69, 9.17) is 9.47 Å². The second-order valence-electron chi connectivity index (χ2n) is 6.28. The summed E-state index contributed by atoms with van der Waals surface area (Å²) in [5.74, 6) is 0.436. The third-order valence-corrected chi connectivity index (χ3v) is 4.29. The lowest BCUT2D eigenvalue weighted by Crippen LogP contribution is -2.38. The van der Waals surface area contributed by atoms with Crippen molar-refractivity contribution < 1.29 is 19.4 Å². The zero-order valence-corrected chi connectivity index (χ0v) is 14.2. The minimum Gasteiger partial charge on any atom is -0.489 e. The molecule has 2 N–H and O–H groups in total. The van der Waals surface area contributed by atoms with Gasteiger partial charge in [-0.05, 0) is 29.7 Å². The minimum absolute atomic E-state index is 0.0880. The maximum atomic E-state index is 11.2. The van der Waals surface area contributed by atoms with Crippen LogP contribution in [0.2, 0.25) is 0 Å². The van der Waals surface area contributed by atoms with Crippen LogP contribution < -0.4 is 10.1 Å². The van der Waals surface area contributed by atoms with E-state index in [1.807, 2.05) is 54.6 Å². The molecule has 0 radical (unpaired) electrons. The highest BCUT2D eigenvalue weighted by atomic mass is 16.6. The standard InChI is InChI=1S/C20H23NO4/c1-14(22)25-20-18(21-12-19(20)23)11-15-7-9-17(10-8-15)24-13-16-5-3-2-4-6-16/h2-10,18-21,23H,11-13H2,1H3. The van der Waals surface area contributed by atoms with Crippen molar-refractivity contribution in [1.29, 1.82) is 0 Å². The Morgan fingerprint density at radius 1 is 1.12 bits per heavy atom. The number of nitrogens with one attached hydrogen (secondary N) is 1. The molecule has 3 unspecified atom stereocenters. The average molecular weight is 341 g/mol.